The van der Waals surface area contributed by atoms with Crippen LogP contribution in [0.2, 0.25) is 5.02 Å². The van der Waals surface area contributed by atoms with E-state index in [0.717, 1.165) is 0 Å². The third-order valence-corrected chi connectivity index (χ3v) is 3.14. The van der Waals surface area contributed by atoms with Crippen molar-refractivity contribution in [1.29, 1.82) is 0 Å². The summed E-state index contributed by atoms with van der Waals surface area (Å²) in [6.45, 7) is 0.195. The van der Waals surface area contributed by atoms with Gasteiger partial charge in [0.2, 0.25) is 0 Å². The number of halogens is 2. The van der Waals surface area contributed by atoms with Crippen LogP contribution in [0.5, 0.6) is 5.75 Å². The fraction of sp³-hybridized carbons (Fsp3) is 0.143. The molecule has 5 nitrogen and oxygen atoms in total. The highest BCUT2D eigenvalue weighted by atomic mass is 35.5. The Hall–Kier alpha value is -2.18. The molecule has 110 valence electrons. The summed E-state index contributed by atoms with van der Waals surface area (Å²) in [4.78, 5) is 10.5. The van der Waals surface area contributed by atoms with E-state index in [1.807, 2.05) is 0 Å². The van der Waals surface area contributed by atoms with Gasteiger partial charge in [-0.3, -0.25) is 10.1 Å². The third-order valence-electron chi connectivity index (χ3n) is 2.83. The van der Waals surface area contributed by atoms with Crippen LogP contribution < -0.4 is 10.5 Å². The van der Waals surface area contributed by atoms with Crippen LogP contribution in [0.15, 0.2) is 36.4 Å². The van der Waals surface area contributed by atoms with Crippen molar-refractivity contribution in [3.05, 3.63) is 68.5 Å². The molecule has 0 aliphatic heterocycles. The van der Waals surface area contributed by atoms with Gasteiger partial charge >= 0.3 is 5.69 Å². The van der Waals surface area contributed by atoms with E-state index >= 15 is 0 Å². The molecule has 0 atom stereocenters. The smallest absolute Gasteiger partial charge is 0.311 e. The molecule has 21 heavy (non-hydrogen) atoms. The van der Waals surface area contributed by atoms with Crippen LogP contribution in [0.1, 0.15) is 11.1 Å². The second-order valence-electron chi connectivity index (χ2n) is 4.30. The Morgan fingerprint density at radius 2 is 1.95 bits per heavy atom. The number of nitro groups is 1. The first kappa shape index (κ1) is 15.2. The van der Waals surface area contributed by atoms with Crippen LogP contribution in [0.3, 0.4) is 0 Å². The van der Waals surface area contributed by atoms with Gasteiger partial charge in [0.25, 0.3) is 0 Å². The van der Waals surface area contributed by atoms with Crippen molar-refractivity contribution in [3.8, 4) is 5.75 Å². The van der Waals surface area contributed by atoms with Gasteiger partial charge in [-0.15, -0.1) is 0 Å². The molecule has 2 aromatic rings. The molecule has 0 aliphatic rings. The third kappa shape index (κ3) is 3.68. The Bertz CT molecular complexity index is 679. The Kier molecular flexibility index (Phi) is 4.72. The molecule has 2 aromatic carbocycles. The van der Waals surface area contributed by atoms with Crippen molar-refractivity contribution in [2.24, 2.45) is 5.73 Å². The van der Waals surface area contributed by atoms with Gasteiger partial charge < -0.3 is 10.5 Å². The molecule has 0 saturated carbocycles. The molecule has 0 unspecified atom stereocenters. The van der Waals surface area contributed by atoms with Gasteiger partial charge in [-0.05, 0) is 29.3 Å². The van der Waals surface area contributed by atoms with Crippen molar-refractivity contribution in [2.75, 3.05) is 0 Å². The minimum Gasteiger partial charge on any atom is -0.482 e. The molecule has 0 fully saturated rings. The topological polar surface area (TPSA) is 78.4 Å². The Balaban J connectivity index is 2.19. The molecular formula is C14H12ClFN2O3. The predicted octanol–water partition coefficient (Wildman–Crippen LogP) is 3.43. The zero-order valence-corrected chi connectivity index (χ0v) is 11.6. The number of nitrogens with two attached hydrogens (primary N) is 1. The van der Waals surface area contributed by atoms with Gasteiger partial charge in [0.15, 0.2) is 5.75 Å². The first-order chi connectivity index (χ1) is 10.0. The van der Waals surface area contributed by atoms with E-state index < -0.39 is 10.7 Å². The molecule has 2 rings (SSSR count). The lowest BCUT2D eigenvalue weighted by Crippen LogP contribution is -2.02. The van der Waals surface area contributed by atoms with Crippen LogP contribution in [-0.4, -0.2) is 4.92 Å². The van der Waals surface area contributed by atoms with Gasteiger partial charge in [0.05, 0.1) is 9.95 Å². The van der Waals surface area contributed by atoms with E-state index in [1.165, 1.54) is 24.3 Å². The summed E-state index contributed by atoms with van der Waals surface area (Å²) in [5, 5.41) is 11.0. The van der Waals surface area contributed by atoms with E-state index in [9.17, 15) is 14.5 Å². The predicted molar refractivity (Wildman–Crippen MR) is 76.7 cm³/mol. The summed E-state index contributed by atoms with van der Waals surface area (Å²) >= 11 is 5.58. The average Bonchev–Trinajstić information content (AvgIpc) is 2.48. The molecule has 0 amide bonds. The molecule has 7 heteroatoms. The molecular weight excluding hydrogens is 299 g/mol. The second kappa shape index (κ2) is 6.51. The fourth-order valence-electron chi connectivity index (χ4n) is 1.75. The summed E-state index contributed by atoms with van der Waals surface area (Å²) in [6, 6.07) is 8.70. The van der Waals surface area contributed by atoms with Crippen molar-refractivity contribution in [3.63, 3.8) is 0 Å². The quantitative estimate of drug-likeness (QED) is 0.678. The second-order valence-corrected chi connectivity index (χ2v) is 4.71. The highest BCUT2D eigenvalue weighted by Gasteiger charge is 2.16. The van der Waals surface area contributed by atoms with Crippen molar-refractivity contribution in [1.82, 2.24) is 0 Å². The first-order valence-electron chi connectivity index (χ1n) is 6.05. The van der Waals surface area contributed by atoms with Crippen molar-refractivity contribution in [2.45, 2.75) is 13.2 Å². The fourth-order valence-corrected chi connectivity index (χ4v) is 1.86. The summed E-state index contributed by atoms with van der Waals surface area (Å²) in [5.74, 6) is -0.460. The largest absolute Gasteiger partial charge is 0.482 e. The number of nitrogens with zero attached hydrogens (tertiary/aromatic N) is 1. The summed E-state index contributed by atoms with van der Waals surface area (Å²) in [7, 11) is 0. The summed E-state index contributed by atoms with van der Waals surface area (Å²) in [5.41, 5.74) is 6.43. The van der Waals surface area contributed by atoms with E-state index in [2.05, 4.69) is 0 Å². The summed E-state index contributed by atoms with van der Waals surface area (Å²) < 4.78 is 18.7. The number of rotatable bonds is 5. The molecule has 0 bridgehead atoms. The number of hydrogen-bond donors (Lipinski definition) is 1. The minimum absolute atomic E-state index is 0.00307. The average molecular weight is 311 g/mol. The molecule has 0 aromatic heterocycles. The number of hydrogen-bond acceptors (Lipinski definition) is 4. The molecule has 0 spiro atoms. The number of nitro benzene ring substituents is 1. The van der Waals surface area contributed by atoms with Crippen LogP contribution in [0, 0.1) is 15.9 Å². The van der Waals surface area contributed by atoms with Crippen LogP contribution in [0.25, 0.3) is 0 Å². The van der Waals surface area contributed by atoms with Crippen molar-refractivity contribution < 1.29 is 14.1 Å². The monoisotopic (exact) mass is 310 g/mol. The standard InChI is InChI=1S/C14H12ClFN2O3/c15-11-3-1-10(5-12(11)16)8-21-14-4-2-9(7-17)6-13(14)18(19)20/h1-6H,7-8,17H2. The SMILES string of the molecule is NCc1ccc(OCc2ccc(Cl)c(F)c2)c([N+](=O)[O-])c1. The van der Waals surface area contributed by atoms with Crippen LogP contribution in [0.4, 0.5) is 10.1 Å². The van der Waals surface area contributed by atoms with Crippen LogP contribution >= 0.6 is 11.6 Å². The highest BCUT2D eigenvalue weighted by Crippen LogP contribution is 2.29. The zero-order valence-electron chi connectivity index (χ0n) is 10.9. The maximum atomic E-state index is 13.3. The number of benzene rings is 2. The molecule has 2 N–H and O–H groups in total. The van der Waals surface area contributed by atoms with Gasteiger partial charge in [0, 0.05) is 12.6 Å². The van der Waals surface area contributed by atoms with Gasteiger partial charge in [-0.1, -0.05) is 23.7 Å². The number of ether oxygens (including phenoxy) is 1. The van der Waals surface area contributed by atoms with Gasteiger partial charge in [-0.2, -0.15) is 0 Å². The maximum Gasteiger partial charge on any atom is 0.311 e. The lowest BCUT2D eigenvalue weighted by atomic mass is 10.2. The Labute approximate surface area is 125 Å². The van der Waals surface area contributed by atoms with E-state index in [0.29, 0.717) is 11.1 Å². The van der Waals surface area contributed by atoms with Crippen LogP contribution in [-0.2, 0) is 13.2 Å². The lowest BCUT2D eigenvalue weighted by Gasteiger charge is -2.08. The molecule has 0 radical (unpaired) electrons. The zero-order chi connectivity index (χ0) is 15.4. The Morgan fingerprint density at radius 3 is 2.57 bits per heavy atom. The molecule has 0 heterocycles. The van der Waals surface area contributed by atoms with E-state index in [4.69, 9.17) is 22.1 Å². The molecule has 0 aliphatic carbocycles. The van der Waals surface area contributed by atoms with Gasteiger partial charge in [-0.25, -0.2) is 4.39 Å². The van der Waals surface area contributed by atoms with Crippen molar-refractivity contribution >= 4 is 17.3 Å². The first-order valence-corrected chi connectivity index (χ1v) is 6.43. The maximum absolute atomic E-state index is 13.3. The normalized spacial score (nSPS) is 10.4. The minimum atomic E-state index is -0.564. The Morgan fingerprint density at radius 1 is 1.24 bits per heavy atom. The summed E-state index contributed by atoms with van der Waals surface area (Å²) in [6.07, 6.45) is 0. The lowest BCUT2D eigenvalue weighted by molar-refractivity contribution is -0.386. The van der Waals surface area contributed by atoms with E-state index in [-0.39, 0.29) is 29.6 Å². The highest BCUT2D eigenvalue weighted by molar-refractivity contribution is 6.30. The molecule has 0 saturated heterocycles. The van der Waals surface area contributed by atoms with E-state index in [1.54, 1.807) is 12.1 Å². The van der Waals surface area contributed by atoms with Gasteiger partial charge in [0.1, 0.15) is 12.4 Å².